The van der Waals surface area contributed by atoms with Crippen molar-refractivity contribution in [3.05, 3.63) is 56.7 Å². The molecule has 0 fully saturated rings. The molecule has 2 atom stereocenters. The molecule has 1 aliphatic carbocycles. The summed E-state index contributed by atoms with van der Waals surface area (Å²) in [5.41, 5.74) is 2.13. The molecule has 1 heterocycles. The Labute approximate surface area is 132 Å². The average Bonchev–Trinajstić information content (AvgIpc) is 3.04. The van der Waals surface area contributed by atoms with Crippen LogP contribution in [-0.2, 0) is 16.0 Å². The highest BCUT2D eigenvalue weighted by molar-refractivity contribution is 7.16. The average molecular weight is 322 g/mol. The first-order chi connectivity index (χ1) is 10.2. The number of methoxy groups -OCH3 is 1. The largest absolute Gasteiger partial charge is 0.468 e. The van der Waals surface area contributed by atoms with Crippen LogP contribution in [-0.4, -0.2) is 13.1 Å². The quantitative estimate of drug-likeness (QED) is 0.868. The molecule has 0 aliphatic heterocycles. The summed E-state index contributed by atoms with van der Waals surface area (Å²) in [7, 11) is 1.42. The fourth-order valence-electron chi connectivity index (χ4n) is 2.77. The molecule has 5 heteroatoms. The molecule has 0 radical (unpaired) electrons. The van der Waals surface area contributed by atoms with Gasteiger partial charge in [0.15, 0.2) is 0 Å². The fourth-order valence-corrected chi connectivity index (χ4v) is 4.13. The lowest BCUT2D eigenvalue weighted by atomic mass is 10.0. The normalized spacial score (nSPS) is 18.3. The molecule has 3 nitrogen and oxygen atoms in total. The molecule has 3 rings (SSSR count). The van der Waals surface area contributed by atoms with E-state index in [1.807, 2.05) is 36.4 Å². The van der Waals surface area contributed by atoms with Gasteiger partial charge in [-0.05, 0) is 30.0 Å². The number of fused-ring (bicyclic) bond motifs is 1. The summed E-state index contributed by atoms with van der Waals surface area (Å²) < 4.78 is 5.75. The van der Waals surface area contributed by atoms with Gasteiger partial charge in [-0.1, -0.05) is 41.9 Å². The minimum absolute atomic E-state index is 0.146. The highest BCUT2D eigenvalue weighted by atomic mass is 35.5. The lowest BCUT2D eigenvalue weighted by Gasteiger charge is -2.21. The van der Waals surface area contributed by atoms with Crippen LogP contribution in [0.2, 0.25) is 4.34 Å². The van der Waals surface area contributed by atoms with Crippen LogP contribution in [0.5, 0.6) is 0 Å². The van der Waals surface area contributed by atoms with Gasteiger partial charge in [-0.3, -0.25) is 5.32 Å². The maximum atomic E-state index is 12.1. The number of hydrogen-bond donors (Lipinski definition) is 1. The van der Waals surface area contributed by atoms with Crippen molar-refractivity contribution < 1.29 is 9.53 Å². The molecule has 21 heavy (non-hydrogen) atoms. The van der Waals surface area contributed by atoms with Crippen LogP contribution in [0.25, 0.3) is 0 Å². The maximum absolute atomic E-state index is 12.1. The van der Waals surface area contributed by atoms with Crippen molar-refractivity contribution >= 4 is 28.9 Å². The van der Waals surface area contributed by atoms with E-state index in [-0.39, 0.29) is 12.0 Å². The Hall–Kier alpha value is -1.36. The van der Waals surface area contributed by atoms with Crippen molar-refractivity contribution in [2.45, 2.75) is 24.9 Å². The van der Waals surface area contributed by atoms with Crippen molar-refractivity contribution in [1.29, 1.82) is 0 Å². The molecule has 0 saturated heterocycles. The van der Waals surface area contributed by atoms with Crippen molar-refractivity contribution in [2.24, 2.45) is 0 Å². The predicted octanol–water partition coefficient (Wildman–Crippen LogP) is 3.89. The number of benzene rings is 1. The fraction of sp³-hybridized carbons (Fsp3) is 0.312. The van der Waals surface area contributed by atoms with Crippen LogP contribution in [0.1, 0.15) is 34.5 Å². The topological polar surface area (TPSA) is 38.3 Å². The lowest BCUT2D eigenvalue weighted by molar-refractivity contribution is -0.143. The summed E-state index contributed by atoms with van der Waals surface area (Å²) >= 11 is 7.71. The highest BCUT2D eigenvalue weighted by Gasteiger charge is 2.30. The van der Waals surface area contributed by atoms with E-state index in [1.165, 1.54) is 17.6 Å². The van der Waals surface area contributed by atoms with Crippen LogP contribution in [0.4, 0.5) is 0 Å². The number of esters is 1. The number of ether oxygens (including phenoxy) is 1. The van der Waals surface area contributed by atoms with Gasteiger partial charge in [0, 0.05) is 10.9 Å². The van der Waals surface area contributed by atoms with Crippen LogP contribution in [0, 0.1) is 0 Å². The molecule has 2 aromatic rings. The van der Waals surface area contributed by atoms with E-state index in [0.29, 0.717) is 0 Å². The van der Waals surface area contributed by atoms with Crippen LogP contribution in [0.15, 0.2) is 36.4 Å². The number of aryl methyl sites for hydroxylation is 1. The molecular weight excluding hydrogens is 306 g/mol. The Kier molecular flexibility index (Phi) is 4.29. The van der Waals surface area contributed by atoms with E-state index >= 15 is 0 Å². The molecule has 1 aromatic carbocycles. The van der Waals surface area contributed by atoms with Crippen molar-refractivity contribution in [2.75, 3.05) is 7.11 Å². The van der Waals surface area contributed by atoms with Crippen molar-refractivity contribution in [3.8, 4) is 0 Å². The Morgan fingerprint density at radius 3 is 2.90 bits per heavy atom. The minimum atomic E-state index is -0.453. The summed E-state index contributed by atoms with van der Waals surface area (Å²) in [4.78, 5) is 13.4. The van der Waals surface area contributed by atoms with Gasteiger partial charge in [0.25, 0.3) is 0 Å². The van der Waals surface area contributed by atoms with Gasteiger partial charge in [-0.25, -0.2) is 4.79 Å². The van der Waals surface area contributed by atoms with Gasteiger partial charge in [0.05, 0.1) is 11.4 Å². The van der Waals surface area contributed by atoms with Crippen LogP contribution < -0.4 is 5.32 Å². The Bertz CT molecular complexity index is 641. The van der Waals surface area contributed by atoms with Crippen molar-refractivity contribution in [3.63, 3.8) is 0 Å². The Morgan fingerprint density at radius 1 is 1.43 bits per heavy atom. The van der Waals surface area contributed by atoms with E-state index in [9.17, 15) is 4.79 Å². The van der Waals surface area contributed by atoms with E-state index < -0.39 is 6.04 Å². The van der Waals surface area contributed by atoms with Gasteiger partial charge < -0.3 is 4.74 Å². The Morgan fingerprint density at radius 2 is 2.19 bits per heavy atom. The molecule has 1 N–H and O–H groups in total. The molecule has 0 bridgehead atoms. The molecule has 2 unspecified atom stereocenters. The number of carbonyl (C=O) groups is 1. The van der Waals surface area contributed by atoms with E-state index in [2.05, 4.69) is 5.32 Å². The monoisotopic (exact) mass is 321 g/mol. The lowest BCUT2D eigenvalue weighted by Crippen LogP contribution is -2.32. The van der Waals surface area contributed by atoms with Gasteiger partial charge in [-0.2, -0.15) is 0 Å². The first-order valence-corrected chi connectivity index (χ1v) is 8.05. The van der Waals surface area contributed by atoms with E-state index in [1.54, 1.807) is 11.3 Å². The van der Waals surface area contributed by atoms with Gasteiger partial charge in [0.1, 0.15) is 6.04 Å². The summed E-state index contributed by atoms with van der Waals surface area (Å²) in [6, 6.07) is 11.4. The summed E-state index contributed by atoms with van der Waals surface area (Å²) in [6.07, 6.45) is 1.99. The molecule has 0 amide bonds. The molecule has 1 aliphatic rings. The van der Waals surface area contributed by atoms with Crippen LogP contribution in [0.3, 0.4) is 0 Å². The smallest absolute Gasteiger partial charge is 0.327 e. The second-order valence-electron chi connectivity index (χ2n) is 5.05. The standard InChI is InChI=1S/C16H16ClNO2S/c1-20-16(19)15(10-5-3-2-4-6-10)18-12-7-8-13-11(12)9-14(17)21-13/h2-6,9,12,15,18H,7-8H2,1H3. The van der Waals surface area contributed by atoms with Crippen LogP contribution >= 0.6 is 22.9 Å². The highest BCUT2D eigenvalue weighted by Crippen LogP contribution is 2.40. The number of carbonyl (C=O) groups excluding carboxylic acids is 1. The summed E-state index contributed by atoms with van der Waals surface area (Å²) in [5.74, 6) is -0.268. The zero-order valence-electron chi connectivity index (χ0n) is 11.6. The minimum Gasteiger partial charge on any atom is -0.468 e. The number of rotatable bonds is 4. The number of hydrogen-bond acceptors (Lipinski definition) is 4. The first-order valence-electron chi connectivity index (χ1n) is 6.86. The third-order valence-electron chi connectivity index (χ3n) is 3.78. The summed E-state index contributed by atoms with van der Waals surface area (Å²) in [6.45, 7) is 0. The molecular formula is C16H16ClNO2S. The number of thiophene rings is 1. The van der Waals surface area contributed by atoms with Gasteiger partial charge in [-0.15, -0.1) is 11.3 Å². The molecule has 110 valence electrons. The maximum Gasteiger partial charge on any atom is 0.327 e. The van der Waals surface area contributed by atoms with Crippen molar-refractivity contribution in [1.82, 2.24) is 5.32 Å². The molecule has 0 spiro atoms. The predicted molar refractivity (Wildman–Crippen MR) is 84.7 cm³/mol. The molecule has 0 saturated carbocycles. The van der Waals surface area contributed by atoms with E-state index in [4.69, 9.17) is 16.3 Å². The number of nitrogens with one attached hydrogen (secondary N) is 1. The third kappa shape index (κ3) is 2.98. The number of halogens is 1. The summed E-state index contributed by atoms with van der Waals surface area (Å²) in [5, 5.41) is 3.43. The van der Waals surface area contributed by atoms with Gasteiger partial charge >= 0.3 is 5.97 Å². The van der Waals surface area contributed by atoms with Gasteiger partial charge in [0.2, 0.25) is 0 Å². The van der Waals surface area contributed by atoms with E-state index in [0.717, 1.165) is 22.7 Å². The second-order valence-corrected chi connectivity index (χ2v) is 6.82. The second kappa shape index (κ2) is 6.18. The molecule has 1 aromatic heterocycles. The zero-order chi connectivity index (χ0) is 14.8. The Balaban J connectivity index is 1.84. The third-order valence-corrected chi connectivity index (χ3v) is 5.12. The zero-order valence-corrected chi connectivity index (χ0v) is 13.2. The SMILES string of the molecule is COC(=O)C(NC1CCc2sc(Cl)cc21)c1ccccc1. The first kappa shape index (κ1) is 14.6.